The molecule has 0 spiro atoms. The fraction of sp³-hybridized carbons (Fsp3) is 0.487. The van der Waals surface area contributed by atoms with E-state index in [1.54, 1.807) is 14.2 Å². The lowest BCUT2D eigenvalue weighted by atomic mass is 9.98. The van der Waals surface area contributed by atoms with Crippen molar-refractivity contribution in [3.63, 3.8) is 0 Å². The highest BCUT2D eigenvalue weighted by Gasteiger charge is 2.53. The van der Waals surface area contributed by atoms with Gasteiger partial charge in [0.15, 0.2) is 11.5 Å². The van der Waals surface area contributed by atoms with Crippen molar-refractivity contribution in [2.75, 3.05) is 20.8 Å². The van der Waals surface area contributed by atoms with Crippen molar-refractivity contribution in [1.82, 2.24) is 0 Å². The van der Waals surface area contributed by atoms with Crippen molar-refractivity contribution in [1.29, 1.82) is 0 Å². The van der Waals surface area contributed by atoms with Crippen LogP contribution in [0.5, 0.6) is 23.0 Å². The fourth-order valence-electron chi connectivity index (χ4n) is 6.35. The van der Waals surface area contributed by atoms with Crippen molar-refractivity contribution in [2.24, 2.45) is 0 Å². The first-order valence-electron chi connectivity index (χ1n) is 16.9. The van der Waals surface area contributed by atoms with Gasteiger partial charge < -0.3 is 23.4 Å². The monoisotopic (exact) mass is 662 g/mol. The van der Waals surface area contributed by atoms with Crippen LogP contribution in [-0.2, 0) is 20.7 Å². The summed E-state index contributed by atoms with van der Waals surface area (Å²) in [5, 5.41) is 2.03. The van der Waals surface area contributed by atoms with Crippen LogP contribution in [0.25, 0.3) is 0 Å². The molecule has 47 heavy (non-hydrogen) atoms. The van der Waals surface area contributed by atoms with Crippen molar-refractivity contribution in [3.8, 4) is 23.0 Å². The van der Waals surface area contributed by atoms with Gasteiger partial charge in [0.25, 0.3) is 0 Å². The summed E-state index contributed by atoms with van der Waals surface area (Å²) in [6, 6.07) is 21.0. The van der Waals surface area contributed by atoms with E-state index >= 15 is 0 Å². The molecule has 0 aliphatic heterocycles. The van der Waals surface area contributed by atoms with Crippen molar-refractivity contribution >= 4 is 30.6 Å². The van der Waals surface area contributed by atoms with E-state index in [4.69, 9.17) is 23.4 Å². The smallest absolute Gasteiger partial charge is 0.320 e. The minimum atomic E-state index is -3.02. The van der Waals surface area contributed by atoms with Crippen molar-refractivity contribution < 1.29 is 33.0 Å². The lowest BCUT2D eigenvalue weighted by Crippen LogP contribution is -2.69. The average Bonchev–Trinajstić information content (AvgIpc) is 3.04. The lowest BCUT2D eigenvalue weighted by Gasteiger charge is -2.43. The molecule has 0 unspecified atom stereocenters. The summed E-state index contributed by atoms with van der Waals surface area (Å²) < 4.78 is 30.3. The average molecular weight is 663 g/mol. The van der Waals surface area contributed by atoms with Gasteiger partial charge in [-0.05, 0) is 41.6 Å². The Morgan fingerprint density at radius 2 is 1.11 bits per heavy atom. The highest BCUT2D eigenvalue weighted by atomic mass is 28.4. The molecule has 0 atom stereocenters. The van der Waals surface area contributed by atoms with E-state index in [9.17, 15) is 9.59 Å². The number of rotatable bonds is 18. The zero-order chi connectivity index (χ0) is 34.5. The Morgan fingerprint density at radius 3 is 1.55 bits per heavy atom. The molecular weight excluding hydrogens is 609 g/mol. The lowest BCUT2D eigenvalue weighted by molar-refractivity contribution is -0.141. The third kappa shape index (κ3) is 9.63. The molecule has 0 aliphatic rings. The number of benzene rings is 3. The number of ether oxygens (including phenoxy) is 4. The number of hydrogen-bond acceptors (Lipinski definition) is 7. The van der Waals surface area contributed by atoms with Gasteiger partial charge in [-0.1, -0.05) is 120 Å². The van der Waals surface area contributed by atoms with Crippen LogP contribution in [0.3, 0.4) is 0 Å². The van der Waals surface area contributed by atoms with E-state index in [1.807, 2.05) is 19.1 Å². The SMILES string of the molecule is COc1c(O[Si](c2ccccc2)(c2ccccc2)C(C)(C)C)c(C)c(CCCCCCCCCCOC(C)=O)c(OC(C)=O)c1OC. The Bertz CT molecular complexity index is 1390. The highest BCUT2D eigenvalue weighted by Crippen LogP contribution is 2.52. The molecule has 3 aromatic rings. The van der Waals surface area contributed by atoms with Crippen LogP contribution in [0.15, 0.2) is 60.7 Å². The minimum absolute atomic E-state index is 0.215. The zero-order valence-electron chi connectivity index (χ0n) is 29.7. The Hall–Kier alpha value is -3.78. The van der Waals surface area contributed by atoms with E-state index in [1.165, 1.54) is 13.8 Å². The molecule has 256 valence electrons. The summed E-state index contributed by atoms with van der Waals surface area (Å²) in [5.41, 5.74) is 1.79. The van der Waals surface area contributed by atoms with Gasteiger partial charge in [-0.2, -0.15) is 0 Å². The molecule has 0 saturated heterocycles. The van der Waals surface area contributed by atoms with Gasteiger partial charge in [-0.25, -0.2) is 0 Å². The second kappa shape index (κ2) is 17.9. The second-order valence-electron chi connectivity index (χ2n) is 13.1. The minimum Gasteiger partial charge on any atom is -0.531 e. The maximum Gasteiger partial charge on any atom is 0.320 e. The summed E-state index contributed by atoms with van der Waals surface area (Å²) >= 11 is 0. The summed E-state index contributed by atoms with van der Waals surface area (Å²) in [7, 11) is 0.156. The van der Waals surface area contributed by atoms with Gasteiger partial charge in [-0.15, -0.1) is 0 Å². The molecule has 3 rings (SSSR count). The van der Waals surface area contributed by atoms with E-state index in [2.05, 4.69) is 69.3 Å². The standard InChI is InChI=1S/C39H54O7Si/c1-29-34(27-21-13-11-9-10-12-14-22-28-44-30(2)40)36(45-31(3)41)38(43-8)37(42-7)35(29)46-47(39(4,5)6,32-23-17-15-18-24-32)33-25-19-16-20-26-33/h15-20,23-26H,9-14,21-22,27-28H2,1-8H3. The summed E-state index contributed by atoms with van der Waals surface area (Å²) in [6.45, 7) is 12.1. The highest BCUT2D eigenvalue weighted by molar-refractivity contribution is 7.00. The number of esters is 2. The first kappa shape index (κ1) is 37.7. The quantitative estimate of drug-likeness (QED) is 0.0589. The Morgan fingerprint density at radius 1 is 0.638 bits per heavy atom. The van der Waals surface area contributed by atoms with Crippen LogP contribution < -0.4 is 29.0 Å². The van der Waals surface area contributed by atoms with Crippen LogP contribution in [0.4, 0.5) is 0 Å². The largest absolute Gasteiger partial charge is 0.531 e. The van der Waals surface area contributed by atoms with Gasteiger partial charge in [0.05, 0.1) is 20.8 Å². The normalized spacial score (nSPS) is 11.6. The van der Waals surface area contributed by atoms with E-state index in [-0.39, 0.29) is 11.0 Å². The van der Waals surface area contributed by atoms with Gasteiger partial charge in [0.1, 0.15) is 0 Å². The number of unbranched alkanes of at least 4 members (excludes halogenated alkanes) is 7. The van der Waals surface area contributed by atoms with Crippen LogP contribution in [0, 0.1) is 6.92 Å². The number of carbonyl (C=O) groups is 2. The first-order valence-corrected chi connectivity index (χ1v) is 18.8. The Labute approximate surface area is 283 Å². The molecule has 0 bridgehead atoms. The molecule has 8 heteroatoms. The van der Waals surface area contributed by atoms with E-state index in [0.29, 0.717) is 36.0 Å². The maximum absolute atomic E-state index is 12.4. The van der Waals surface area contributed by atoms with Crippen molar-refractivity contribution in [2.45, 2.75) is 104 Å². The zero-order valence-corrected chi connectivity index (χ0v) is 30.7. The molecule has 0 heterocycles. The molecule has 0 saturated carbocycles. The second-order valence-corrected chi connectivity index (χ2v) is 17.3. The summed E-state index contributed by atoms with van der Waals surface area (Å²) in [4.78, 5) is 23.3. The molecule has 0 fully saturated rings. The first-order chi connectivity index (χ1) is 22.5. The summed E-state index contributed by atoms with van der Waals surface area (Å²) in [5.74, 6) is 1.18. The molecule has 0 N–H and O–H groups in total. The third-order valence-corrected chi connectivity index (χ3v) is 13.6. The maximum atomic E-state index is 12.4. The van der Waals surface area contributed by atoms with Crippen LogP contribution in [0.2, 0.25) is 5.04 Å². The summed E-state index contributed by atoms with van der Waals surface area (Å²) in [6.07, 6.45) is 9.21. The third-order valence-electron chi connectivity index (χ3n) is 8.64. The van der Waals surface area contributed by atoms with E-state index in [0.717, 1.165) is 72.9 Å². The van der Waals surface area contributed by atoms with Crippen LogP contribution >= 0.6 is 0 Å². The van der Waals surface area contributed by atoms with Crippen molar-refractivity contribution in [3.05, 3.63) is 71.8 Å². The molecule has 0 aromatic heterocycles. The Balaban J connectivity index is 1.98. The fourth-order valence-corrected chi connectivity index (χ4v) is 10.8. The van der Waals surface area contributed by atoms with Gasteiger partial charge in [0.2, 0.25) is 11.5 Å². The molecule has 3 aromatic carbocycles. The van der Waals surface area contributed by atoms with Crippen LogP contribution in [-0.4, -0.2) is 41.1 Å². The predicted octanol–water partition coefficient (Wildman–Crippen LogP) is 8.10. The molecule has 0 radical (unpaired) electrons. The molecule has 0 amide bonds. The van der Waals surface area contributed by atoms with Gasteiger partial charge >= 0.3 is 20.3 Å². The number of carbonyl (C=O) groups excluding carboxylic acids is 2. The van der Waals surface area contributed by atoms with Gasteiger partial charge in [-0.3, -0.25) is 9.59 Å². The van der Waals surface area contributed by atoms with E-state index < -0.39 is 14.3 Å². The van der Waals surface area contributed by atoms with Gasteiger partial charge in [0, 0.05) is 25.0 Å². The molecule has 0 aliphatic carbocycles. The Kier molecular flexibility index (Phi) is 14.4. The number of methoxy groups -OCH3 is 2. The predicted molar refractivity (Wildman–Crippen MR) is 191 cm³/mol. The molecule has 7 nitrogen and oxygen atoms in total. The number of hydrogen-bond donors (Lipinski definition) is 0. The van der Waals surface area contributed by atoms with Crippen LogP contribution in [0.1, 0.15) is 97.1 Å². The molecular formula is C39H54O7Si. The topological polar surface area (TPSA) is 80.3 Å².